The number of thioether (sulfide) groups is 1. The third-order valence-electron chi connectivity index (χ3n) is 4.29. The van der Waals surface area contributed by atoms with Gasteiger partial charge in [0.05, 0.1) is 24.9 Å². The first-order chi connectivity index (χ1) is 14.3. The smallest absolute Gasteiger partial charge is 0.259 e. The van der Waals surface area contributed by atoms with E-state index in [9.17, 15) is 15.2 Å². The number of hydrogen-bond donors (Lipinski definition) is 2. The number of nitrogens with zero attached hydrogens (tertiary/aromatic N) is 3. The summed E-state index contributed by atoms with van der Waals surface area (Å²) in [4.78, 5) is 16.8. The van der Waals surface area contributed by atoms with E-state index in [-0.39, 0.29) is 12.4 Å². The van der Waals surface area contributed by atoms with Crippen LogP contribution in [0.15, 0.2) is 45.8 Å². The van der Waals surface area contributed by atoms with Crippen LogP contribution in [-0.4, -0.2) is 60.2 Å². The number of nitrogens with one attached hydrogen (secondary N) is 1. The monoisotopic (exact) mass is 434 g/mol. The van der Waals surface area contributed by atoms with Crippen molar-refractivity contribution in [1.29, 1.82) is 0 Å². The average molecular weight is 435 g/mol. The van der Waals surface area contributed by atoms with E-state index in [0.29, 0.717) is 6.54 Å². The highest BCUT2D eigenvalue weighted by Gasteiger charge is 2.12. The number of furan rings is 1. The second kappa shape index (κ2) is 12.4. The highest BCUT2D eigenvalue weighted by Crippen LogP contribution is 2.18. The van der Waals surface area contributed by atoms with Gasteiger partial charge in [0.25, 0.3) is 6.54 Å². The van der Waals surface area contributed by atoms with Crippen molar-refractivity contribution < 1.29 is 14.4 Å². The highest BCUT2D eigenvalue weighted by molar-refractivity contribution is 7.98. The first-order valence-corrected chi connectivity index (χ1v) is 10.9. The van der Waals surface area contributed by atoms with Crippen LogP contribution in [0.3, 0.4) is 0 Å². The fourth-order valence-electron chi connectivity index (χ4n) is 2.88. The molecule has 2 N–H and O–H groups in total. The van der Waals surface area contributed by atoms with Gasteiger partial charge < -0.3 is 19.7 Å². The summed E-state index contributed by atoms with van der Waals surface area (Å²) in [5.41, 5.74) is 1.75. The molecule has 30 heavy (non-hydrogen) atoms. The summed E-state index contributed by atoms with van der Waals surface area (Å²) in [5, 5.41) is 24.3. The number of aliphatic hydroxyl groups excluding tert-OH is 1. The Bertz CT molecular complexity index is 838. The van der Waals surface area contributed by atoms with Crippen molar-refractivity contribution >= 4 is 17.6 Å². The summed E-state index contributed by atoms with van der Waals surface area (Å²) >= 11 is 1.68. The Balaban J connectivity index is 1.78. The average Bonchev–Trinajstić information content (AvgIpc) is 3.11. The van der Waals surface area contributed by atoms with Gasteiger partial charge in [-0.2, -0.15) is 11.8 Å². The van der Waals surface area contributed by atoms with E-state index in [2.05, 4.69) is 10.3 Å². The standard InChI is InChI=1S/C21H30N4O4S/c1-16-6-4-5-7-19(16)20(26)12-23-21(14-25(27)28)22-10-11-30-15-18-9-8-17(29-18)13-24(2)3/h4-9,20,26H,10-15H2,1-3H3,(H,22,23). The lowest BCUT2D eigenvalue weighted by Crippen LogP contribution is -2.32. The van der Waals surface area contributed by atoms with Gasteiger partial charge in [-0.15, -0.1) is 0 Å². The summed E-state index contributed by atoms with van der Waals surface area (Å²) in [5.74, 6) is 3.61. The van der Waals surface area contributed by atoms with E-state index in [1.165, 1.54) is 0 Å². The molecule has 1 atom stereocenters. The van der Waals surface area contributed by atoms with Crippen molar-refractivity contribution in [2.24, 2.45) is 4.99 Å². The number of rotatable bonds is 12. The van der Waals surface area contributed by atoms with Crippen LogP contribution >= 0.6 is 11.8 Å². The van der Waals surface area contributed by atoms with Crippen LogP contribution in [0.4, 0.5) is 0 Å². The number of hydrogen-bond acceptors (Lipinski definition) is 7. The Labute approximate surface area is 181 Å². The van der Waals surface area contributed by atoms with Crippen LogP contribution < -0.4 is 5.32 Å². The Morgan fingerprint density at radius 2 is 2.03 bits per heavy atom. The van der Waals surface area contributed by atoms with Crippen LogP contribution in [0.5, 0.6) is 0 Å². The maximum absolute atomic E-state index is 10.9. The van der Waals surface area contributed by atoms with Gasteiger partial charge >= 0.3 is 0 Å². The van der Waals surface area contributed by atoms with Gasteiger partial charge in [0, 0.05) is 17.2 Å². The van der Waals surface area contributed by atoms with Gasteiger partial charge in [-0.1, -0.05) is 24.3 Å². The van der Waals surface area contributed by atoms with Crippen molar-refractivity contribution in [3.63, 3.8) is 0 Å². The molecule has 9 heteroatoms. The molecule has 1 heterocycles. The molecular weight excluding hydrogens is 404 g/mol. The predicted molar refractivity (Wildman–Crippen MR) is 121 cm³/mol. The lowest BCUT2D eigenvalue weighted by Gasteiger charge is -2.12. The molecular formula is C21H30N4O4S. The van der Waals surface area contributed by atoms with E-state index < -0.39 is 17.6 Å². The van der Waals surface area contributed by atoms with Crippen molar-refractivity contribution in [3.8, 4) is 0 Å². The molecule has 0 spiro atoms. The molecule has 164 valence electrons. The summed E-state index contributed by atoms with van der Waals surface area (Å²) in [7, 11) is 3.99. The Hall–Kier alpha value is -2.36. The maximum atomic E-state index is 10.9. The summed E-state index contributed by atoms with van der Waals surface area (Å²) in [6, 6.07) is 11.5. The topological polar surface area (TPSA) is 104 Å². The first kappa shape index (κ1) is 23.9. The predicted octanol–water partition coefficient (Wildman–Crippen LogP) is 2.88. The Kier molecular flexibility index (Phi) is 9.85. The third kappa shape index (κ3) is 8.56. The third-order valence-corrected chi connectivity index (χ3v) is 5.27. The molecule has 2 aromatic rings. The molecule has 0 saturated carbocycles. The van der Waals surface area contributed by atoms with E-state index in [0.717, 1.165) is 40.7 Å². The number of aliphatic imine (C=N–C) groups is 1. The Morgan fingerprint density at radius 3 is 2.73 bits per heavy atom. The molecule has 0 aliphatic rings. The number of aliphatic hydroxyl groups is 1. The first-order valence-electron chi connectivity index (χ1n) is 9.77. The molecule has 1 aromatic heterocycles. The van der Waals surface area contributed by atoms with E-state index in [1.807, 2.05) is 62.3 Å². The fourth-order valence-corrected chi connectivity index (χ4v) is 3.62. The van der Waals surface area contributed by atoms with Gasteiger partial charge in [0.15, 0.2) is 5.84 Å². The largest absolute Gasteiger partial charge is 0.464 e. The number of nitro groups is 1. The SMILES string of the molecule is Cc1ccccc1C(O)CN=C(C[N+](=O)[O-])NCCSCc1ccc(CN(C)C)o1. The molecule has 0 saturated heterocycles. The molecule has 1 aromatic carbocycles. The van der Waals surface area contributed by atoms with Crippen LogP contribution in [0.25, 0.3) is 0 Å². The Morgan fingerprint density at radius 1 is 1.30 bits per heavy atom. The molecule has 0 aliphatic carbocycles. The number of aryl methyl sites for hydroxylation is 1. The minimum Gasteiger partial charge on any atom is -0.464 e. The summed E-state index contributed by atoms with van der Waals surface area (Å²) in [6.07, 6.45) is -0.792. The van der Waals surface area contributed by atoms with Gasteiger partial charge in [0.2, 0.25) is 0 Å². The van der Waals surface area contributed by atoms with Gasteiger partial charge in [-0.3, -0.25) is 15.1 Å². The zero-order valence-corrected chi connectivity index (χ0v) is 18.5. The fraction of sp³-hybridized carbons (Fsp3) is 0.476. The van der Waals surface area contributed by atoms with Gasteiger partial charge in [0.1, 0.15) is 11.5 Å². The lowest BCUT2D eigenvalue weighted by molar-refractivity contribution is -0.463. The molecule has 0 fully saturated rings. The highest BCUT2D eigenvalue weighted by atomic mass is 32.2. The van der Waals surface area contributed by atoms with Crippen LogP contribution in [0.1, 0.15) is 28.8 Å². The lowest BCUT2D eigenvalue weighted by atomic mass is 10.0. The van der Waals surface area contributed by atoms with E-state index >= 15 is 0 Å². The summed E-state index contributed by atoms with van der Waals surface area (Å²) in [6.45, 7) is 2.91. The molecule has 8 nitrogen and oxygen atoms in total. The van der Waals surface area contributed by atoms with Gasteiger partial charge in [-0.25, -0.2) is 0 Å². The maximum Gasteiger partial charge on any atom is 0.259 e. The van der Waals surface area contributed by atoms with Crippen molar-refractivity contribution in [3.05, 3.63) is 69.2 Å². The van der Waals surface area contributed by atoms with E-state index in [1.54, 1.807) is 11.8 Å². The van der Waals surface area contributed by atoms with Crippen LogP contribution in [-0.2, 0) is 12.3 Å². The molecule has 0 bridgehead atoms. The second-order valence-electron chi connectivity index (χ2n) is 7.24. The summed E-state index contributed by atoms with van der Waals surface area (Å²) < 4.78 is 5.77. The quantitative estimate of drug-likeness (QED) is 0.174. The minimum absolute atomic E-state index is 0.0786. The van der Waals surface area contributed by atoms with Crippen LogP contribution in [0, 0.1) is 17.0 Å². The molecule has 0 aliphatic heterocycles. The molecule has 0 radical (unpaired) electrons. The minimum atomic E-state index is -0.792. The molecule has 1 unspecified atom stereocenters. The zero-order chi connectivity index (χ0) is 21.9. The normalized spacial score (nSPS) is 12.9. The number of amidine groups is 1. The molecule has 2 rings (SSSR count). The van der Waals surface area contributed by atoms with Gasteiger partial charge in [-0.05, 0) is 44.3 Å². The zero-order valence-electron chi connectivity index (χ0n) is 17.7. The number of benzene rings is 1. The van der Waals surface area contributed by atoms with E-state index in [4.69, 9.17) is 4.42 Å². The van der Waals surface area contributed by atoms with Crippen LogP contribution in [0.2, 0.25) is 0 Å². The molecule has 0 amide bonds. The van der Waals surface area contributed by atoms with Crippen molar-refractivity contribution in [1.82, 2.24) is 10.2 Å². The van der Waals surface area contributed by atoms with Crippen molar-refractivity contribution in [2.75, 3.05) is 39.5 Å². The second-order valence-corrected chi connectivity index (χ2v) is 8.34. The van der Waals surface area contributed by atoms with Crippen molar-refractivity contribution in [2.45, 2.75) is 25.3 Å².